The number of para-hydroxylation sites is 1. The fourth-order valence-electron chi connectivity index (χ4n) is 2.32. The molecule has 0 bridgehead atoms. The van der Waals surface area contributed by atoms with Gasteiger partial charge in [0.25, 0.3) is 0 Å². The molecule has 6 nitrogen and oxygen atoms in total. The number of carboxylic acid groups (broad SMARTS) is 1. The average Bonchev–Trinajstić information content (AvgIpc) is 2.80. The lowest BCUT2D eigenvalue weighted by atomic mass is 10.1. The van der Waals surface area contributed by atoms with Crippen LogP contribution in [0.2, 0.25) is 0 Å². The second-order valence-electron chi connectivity index (χ2n) is 4.83. The van der Waals surface area contributed by atoms with Gasteiger partial charge in [-0.25, -0.2) is 0 Å². The highest BCUT2D eigenvalue weighted by Crippen LogP contribution is 2.25. The Balaban J connectivity index is 2.05. The molecule has 1 aromatic rings. The Bertz CT molecular complexity index is 529. The Kier molecular flexibility index (Phi) is 4.02. The van der Waals surface area contributed by atoms with Gasteiger partial charge in [0.2, 0.25) is 11.8 Å². The normalized spacial score (nSPS) is 18.1. The van der Waals surface area contributed by atoms with Crippen molar-refractivity contribution in [3.63, 3.8) is 0 Å². The zero-order chi connectivity index (χ0) is 14.7. The molecule has 1 fully saturated rings. The molecule has 1 atom stereocenters. The van der Waals surface area contributed by atoms with Gasteiger partial charge in [-0.15, -0.1) is 0 Å². The Labute approximate surface area is 116 Å². The lowest BCUT2D eigenvalue weighted by Gasteiger charge is -2.20. The molecule has 0 spiro atoms. The number of nitrogens with zero attached hydrogens (tertiary/aromatic N) is 2. The maximum absolute atomic E-state index is 12.1. The van der Waals surface area contributed by atoms with Crippen molar-refractivity contribution >= 4 is 23.5 Å². The van der Waals surface area contributed by atoms with Gasteiger partial charge < -0.3 is 14.9 Å². The topological polar surface area (TPSA) is 77.9 Å². The molecule has 1 saturated heterocycles. The van der Waals surface area contributed by atoms with E-state index in [1.165, 1.54) is 7.05 Å². The number of carbonyl (C=O) groups is 3. The van der Waals surface area contributed by atoms with Crippen molar-refractivity contribution in [1.29, 1.82) is 0 Å². The summed E-state index contributed by atoms with van der Waals surface area (Å²) >= 11 is 0. The van der Waals surface area contributed by atoms with E-state index in [1.54, 1.807) is 4.90 Å². The molecule has 1 aliphatic heterocycles. The summed E-state index contributed by atoms with van der Waals surface area (Å²) in [5.74, 6) is -1.96. The highest BCUT2D eigenvalue weighted by atomic mass is 16.4. The summed E-state index contributed by atoms with van der Waals surface area (Å²) in [5, 5.41) is 8.69. The third-order valence-corrected chi connectivity index (χ3v) is 3.29. The lowest BCUT2D eigenvalue weighted by molar-refractivity contribution is -0.145. The van der Waals surface area contributed by atoms with Crippen molar-refractivity contribution in [2.24, 2.45) is 5.92 Å². The van der Waals surface area contributed by atoms with E-state index >= 15 is 0 Å². The number of carbonyl (C=O) groups excluding carboxylic acids is 2. The molecule has 1 unspecified atom stereocenters. The number of hydrogen-bond acceptors (Lipinski definition) is 3. The molecular weight excluding hydrogens is 260 g/mol. The molecule has 0 aliphatic carbocycles. The number of anilines is 1. The van der Waals surface area contributed by atoms with Gasteiger partial charge in [0.1, 0.15) is 6.54 Å². The van der Waals surface area contributed by atoms with Crippen LogP contribution in [0.3, 0.4) is 0 Å². The maximum Gasteiger partial charge on any atom is 0.323 e. The summed E-state index contributed by atoms with van der Waals surface area (Å²) in [7, 11) is 1.44. The molecule has 1 N–H and O–H groups in total. The van der Waals surface area contributed by atoms with Crippen LogP contribution in [0.25, 0.3) is 0 Å². The Hall–Kier alpha value is -2.37. The summed E-state index contributed by atoms with van der Waals surface area (Å²) in [6, 6.07) is 9.13. The number of likely N-dealkylation sites (N-methyl/N-ethyl adjacent to an activating group) is 1. The summed E-state index contributed by atoms with van der Waals surface area (Å²) in [6.45, 7) is -0.0551. The van der Waals surface area contributed by atoms with Crippen LogP contribution in [0.5, 0.6) is 0 Å². The van der Waals surface area contributed by atoms with Gasteiger partial charge in [-0.3, -0.25) is 14.4 Å². The van der Waals surface area contributed by atoms with E-state index in [1.807, 2.05) is 30.3 Å². The van der Waals surface area contributed by atoms with E-state index in [0.29, 0.717) is 6.54 Å². The minimum atomic E-state index is -1.06. The fourth-order valence-corrected chi connectivity index (χ4v) is 2.32. The van der Waals surface area contributed by atoms with E-state index in [9.17, 15) is 14.4 Å². The van der Waals surface area contributed by atoms with Crippen LogP contribution in [0.4, 0.5) is 5.69 Å². The van der Waals surface area contributed by atoms with Gasteiger partial charge in [-0.05, 0) is 12.1 Å². The molecule has 0 aromatic heterocycles. The van der Waals surface area contributed by atoms with Gasteiger partial charge >= 0.3 is 5.97 Å². The first-order chi connectivity index (χ1) is 9.49. The van der Waals surface area contributed by atoms with Crippen LogP contribution in [0, 0.1) is 5.92 Å². The van der Waals surface area contributed by atoms with E-state index in [0.717, 1.165) is 10.6 Å². The van der Waals surface area contributed by atoms with Gasteiger partial charge in [-0.1, -0.05) is 18.2 Å². The van der Waals surface area contributed by atoms with Crippen LogP contribution in [-0.4, -0.2) is 47.9 Å². The van der Waals surface area contributed by atoms with Crippen molar-refractivity contribution in [1.82, 2.24) is 4.90 Å². The number of benzene rings is 1. The van der Waals surface area contributed by atoms with Gasteiger partial charge in [0.15, 0.2) is 0 Å². The molecule has 106 valence electrons. The molecule has 1 aliphatic rings. The predicted molar refractivity (Wildman–Crippen MR) is 72.2 cm³/mol. The first-order valence-electron chi connectivity index (χ1n) is 6.31. The van der Waals surface area contributed by atoms with E-state index in [4.69, 9.17) is 5.11 Å². The third-order valence-electron chi connectivity index (χ3n) is 3.29. The third kappa shape index (κ3) is 2.96. The smallest absolute Gasteiger partial charge is 0.323 e. The van der Waals surface area contributed by atoms with Crippen LogP contribution >= 0.6 is 0 Å². The molecule has 0 saturated carbocycles. The van der Waals surface area contributed by atoms with Crippen molar-refractivity contribution in [2.45, 2.75) is 6.42 Å². The van der Waals surface area contributed by atoms with Crippen molar-refractivity contribution in [3.8, 4) is 0 Å². The minimum Gasteiger partial charge on any atom is -0.480 e. The summed E-state index contributed by atoms with van der Waals surface area (Å²) in [4.78, 5) is 37.4. The Morgan fingerprint density at radius 2 is 2.00 bits per heavy atom. The Morgan fingerprint density at radius 1 is 1.35 bits per heavy atom. The monoisotopic (exact) mass is 276 g/mol. The lowest BCUT2D eigenvalue weighted by Crippen LogP contribution is -2.37. The number of hydrogen-bond donors (Lipinski definition) is 1. The molecular formula is C14H16N2O4. The van der Waals surface area contributed by atoms with E-state index < -0.39 is 11.9 Å². The van der Waals surface area contributed by atoms with E-state index in [-0.39, 0.29) is 24.8 Å². The number of rotatable bonds is 4. The van der Waals surface area contributed by atoms with Crippen LogP contribution in [0.1, 0.15) is 6.42 Å². The molecule has 0 radical (unpaired) electrons. The highest BCUT2D eigenvalue weighted by molar-refractivity contribution is 6.00. The summed E-state index contributed by atoms with van der Waals surface area (Å²) in [5.41, 5.74) is 0.758. The summed E-state index contributed by atoms with van der Waals surface area (Å²) in [6.07, 6.45) is 0.123. The summed E-state index contributed by atoms with van der Waals surface area (Å²) < 4.78 is 0. The largest absolute Gasteiger partial charge is 0.480 e. The first kappa shape index (κ1) is 14.0. The number of amides is 2. The molecule has 20 heavy (non-hydrogen) atoms. The average molecular weight is 276 g/mol. The standard InChI is InChI=1S/C14H16N2O4/c1-15(9-13(18)19)14(20)10-7-12(17)16(8-10)11-5-3-2-4-6-11/h2-6,10H,7-9H2,1H3,(H,18,19). The van der Waals surface area contributed by atoms with Crippen LogP contribution in [0.15, 0.2) is 30.3 Å². The fraction of sp³-hybridized carbons (Fsp3) is 0.357. The van der Waals surface area contributed by atoms with Crippen molar-refractivity contribution in [2.75, 3.05) is 25.0 Å². The molecule has 6 heteroatoms. The quantitative estimate of drug-likeness (QED) is 0.872. The second-order valence-corrected chi connectivity index (χ2v) is 4.83. The number of aliphatic carboxylic acids is 1. The predicted octanol–water partition coefficient (Wildman–Crippen LogP) is 0.582. The zero-order valence-corrected chi connectivity index (χ0v) is 11.2. The van der Waals surface area contributed by atoms with Gasteiger partial charge in [-0.2, -0.15) is 0 Å². The van der Waals surface area contributed by atoms with E-state index in [2.05, 4.69) is 0 Å². The molecule has 1 aromatic carbocycles. The minimum absolute atomic E-state index is 0.113. The van der Waals surface area contributed by atoms with Crippen LogP contribution in [-0.2, 0) is 14.4 Å². The van der Waals surface area contributed by atoms with Crippen LogP contribution < -0.4 is 4.90 Å². The van der Waals surface area contributed by atoms with Gasteiger partial charge in [0, 0.05) is 25.7 Å². The second kappa shape index (κ2) is 5.73. The SMILES string of the molecule is CN(CC(=O)O)C(=O)C1CC(=O)N(c2ccccc2)C1. The first-order valence-corrected chi connectivity index (χ1v) is 6.31. The van der Waals surface area contributed by atoms with Crippen molar-refractivity contribution in [3.05, 3.63) is 30.3 Å². The number of carboxylic acids is 1. The van der Waals surface area contributed by atoms with Gasteiger partial charge in [0.05, 0.1) is 5.92 Å². The maximum atomic E-state index is 12.1. The molecule has 2 rings (SSSR count). The highest BCUT2D eigenvalue weighted by Gasteiger charge is 2.36. The molecule has 1 heterocycles. The van der Waals surface area contributed by atoms with Crippen molar-refractivity contribution < 1.29 is 19.5 Å². The molecule has 2 amide bonds. The zero-order valence-electron chi connectivity index (χ0n) is 11.2. The Morgan fingerprint density at radius 3 is 2.60 bits per heavy atom.